The van der Waals surface area contributed by atoms with Crippen LogP contribution in [-0.2, 0) is 30.4 Å². The Morgan fingerprint density at radius 3 is 2.46 bits per heavy atom. The largest absolute Gasteiger partial charge is 0.453 e. The van der Waals surface area contributed by atoms with Crippen molar-refractivity contribution in [3.8, 4) is 0 Å². The number of aromatic amines is 1. The number of amides is 1. The molecule has 5 unspecified atom stereocenters. The number of ether oxygens (including phenoxy) is 3. The van der Waals surface area contributed by atoms with Crippen LogP contribution in [0.4, 0.5) is 5.69 Å². The quantitative estimate of drug-likeness (QED) is 0.281. The SMILES string of the molecule is CC(=O)OC(C)C(=O)Nc1ccc(C2OC(CSc3ncn[nH]3)C(C)C(c3ccc(CO)cc3)O2)cc1. The van der Waals surface area contributed by atoms with Crippen LogP contribution in [0.15, 0.2) is 60.0 Å². The summed E-state index contributed by atoms with van der Waals surface area (Å²) >= 11 is 1.53. The molecule has 0 bridgehead atoms. The molecule has 0 spiro atoms. The first-order valence-electron chi connectivity index (χ1n) is 11.9. The monoisotopic (exact) mass is 526 g/mol. The number of rotatable bonds is 9. The number of aromatic nitrogens is 3. The van der Waals surface area contributed by atoms with Crippen molar-refractivity contribution in [2.75, 3.05) is 11.1 Å². The summed E-state index contributed by atoms with van der Waals surface area (Å²) in [6, 6.07) is 14.9. The van der Waals surface area contributed by atoms with Crippen LogP contribution >= 0.6 is 11.8 Å². The predicted octanol–water partition coefficient (Wildman–Crippen LogP) is 3.77. The highest BCUT2D eigenvalue weighted by Crippen LogP contribution is 2.42. The molecule has 5 atom stereocenters. The van der Waals surface area contributed by atoms with Gasteiger partial charge in [0.25, 0.3) is 5.91 Å². The molecule has 1 aromatic heterocycles. The molecular weight excluding hydrogens is 496 g/mol. The second kappa shape index (κ2) is 12.3. The van der Waals surface area contributed by atoms with Crippen molar-refractivity contribution < 1.29 is 28.9 Å². The van der Waals surface area contributed by atoms with Crippen molar-refractivity contribution in [1.82, 2.24) is 15.2 Å². The van der Waals surface area contributed by atoms with Gasteiger partial charge in [-0.25, -0.2) is 4.98 Å². The van der Waals surface area contributed by atoms with E-state index in [1.165, 1.54) is 31.9 Å². The van der Waals surface area contributed by atoms with Gasteiger partial charge in [-0.1, -0.05) is 55.1 Å². The van der Waals surface area contributed by atoms with Crippen LogP contribution in [0.2, 0.25) is 0 Å². The fraction of sp³-hybridized carbons (Fsp3) is 0.385. The first-order chi connectivity index (χ1) is 17.8. The molecule has 4 rings (SSSR count). The Labute approximate surface area is 219 Å². The Balaban J connectivity index is 1.50. The fourth-order valence-electron chi connectivity index (χ4n) is 4.00. The van der Waals surface area contributed by atoms with Crippen LogP contribution in [0.5, 0.6) is 0 Å². The number of carbonyl (C=O) groups is 2. The van der Waals surface area contributed by atoms with Crippen LogP contribution in [-0.4, -0.2) is 50.1 Å². The lowest BCUT2D eigenvalue weighted by Gasteiger charge is -2.41. The summed E-state index contributed by atoms with van der Waals surface area (Å²) in [5.41, 5.74) is 3.18. The minimum atomic E-state index is -0.899. The molecule has 196 valence electrons. The topological polar surface area (TPSA) is 136 Å². The van der Waals surface area contributed by atoms with E-state index in [9.17, 15) is 14.7 Å². The number of thioether (sulfide) groups is 1. The van der Waals surface area contributed by atoms with Crippen LogP contribution in [0.3, 0.4) is 0 Å². The number of H-pyrrole nitrogens is 1. The molecular formula is C26H30N4O6S. The van der Waals surface area contributed by atoms with Crippen molar-refractivity contribution in [2.45, 2.75) is 57.1 Å². The van der Waals surface area contributed by atoms with E-state index >= 15 is 0 Å². The van der Waals surface area contributed by atoms with E-state index in [1.807, 2.05) is 36.4 Å². The van der Waals surface area contributed by atoms with Gasteiger partial charge < -0.3 is 24.6 Å². The summed E-state index contributed by atoms with van der Waals surface area (Å²) in [6.07, 6.45) is -0.456. The average molecular weight is 527 g/mol. The number of aliphatic hydroxyl groups is 1. The number of benzene rings is 2. The smallest absolute Gasteiger partial charge is 0.303 e. The highest BCUT2D eigenvalue weighted by atomic mass is 32.2. The number of esters is 1. The second-order valence-electron chi connectivity index (χ2n) is 8.79. The molecule has 1 saturated heterocycles. The Kier molecular flexibility index (Phi) is 8.93. The van der Waals surface area contributed by atoms with Crippen LogP contribution in [0.1, 0.15) is 49.9 Å². The number of hydrogen-bond acceptors (Lipinski definition) is 9. The van der Waals surface area contributed by atoms with Gasteiger partial charge in [0, 0.05) is 29.8 Å². The summed E-state index contributed by atoms with van der Waals surface area (Å²) in [5, 5.41) is 19.6. The molecule has 0 saturated carbocycles. The lowest BCUT2D eigenvalue weighted by molar-refractivity contribution is -0.268. The Morgan fingerprint density at radius 2 is 1.84 bits per heavy atom. The molecule has 37 heavy (non-hydrogen) atoms. The maximum absolute atomic E-state index is 12.3. The zero-order chi connectivity index (χ0) is 26.4. The van der Waals surface area contributed by atoms with Crippen molar-refractivity contribution in [1.29, 1.82) is 0 Å². The number of aliphatic hydroxyl groups excluding tert-OH is 1. The molecule has 11 heteroatoms. The zero-order valence-corrected chi connectivity index (χ0v) is 21.6. The predicted molar refractivity (Wildman–Crippen MR) is 136 cm³/mol. The molecule has 3 aromatic rings. The Bertz CT molecular complexity index is 1170. The maximum Gasteiger partial charge on any atom is 0.303 e. The van der Waals surface area contributed by atoms with Gasteiger partial charge in [-0.15, -0.1) is 0 Å². The van der Waals surface area contributed by atoms with Crippen molar-refractivity contribution in [3.63, 3.8) is 0 Å². The Hall–Kier alpha value is -3.25. The van der Waals surface area contributed by atoms with Gasteiger partial charge >= 0.3 is 5.97 Å². The molecule has 0 aliphatic carbocycles. The summed E-state index contributed by atoms with van der Waals surface area (Å²) < 4.78 is 17.8. The molecule has 0 radical (unpaired) electrons. The maximum atomic E-state index is 12.3. The average Bonchev–Trinajstić information content (AvgIpc) is 3.42. The van der Waals surface area contributed by atoms with Crippen molar-refractivity contribution >= 4 is 29.3 Å². The van der Waals surface area contributed by atoms with Crippen LogP contribution in [0.25, 0.3) is 0 Å². The second-order valence-corrected chi connectivity index (χ2v) is 9.80. The van der Waals surface area contributed by atoms with Gasteiger partial charge in [-0.3, -0.25) is 14.7 Å². The summed E-state index contributed by atoms with van der Waals surface area (Å²) in [6.45, 7) is 4.84. The lowest BCUT2D eigenvalue weighted by atomic mass is 9.91. The van der Waals surface area contributed by atoms with E-state index in [2.05, 4.69) is 27.4 Å². The fourth-order valence-corrected chi connectivity index (χ4v) is 4.95. The third-order valence-corrected chi connectivity index (χ3v) is 7.03. The summed E-state index contributed by atoms with van der Waals surface area (Å²) in [5.74, 6) is -0.259. The van der Waals surface area contributed by atoms with Crippen LogP contribution < -0.4 is 5.32 Å². The number of hydrogen-bond donors (Lipinski definition) is 3. The molecule has 2 aromatic carbocycles. The molecule has 1 fully saturated rings. The van der Waals surface area contributed by atoms with Gasteiger partial charge in [0.05, 0.1) is 18.8 Å². The highest BCUT2D eigenvalue weighted by molar-refractivity contribution is 7.99. The normalized spacial score (nSPS) is 22.3. The van der Waals surface area contributed by atoms with E-state index in [0.29, 0.717) is 16.6 Å². The van der Waals surface area contributed by atoms with E-state index < -0.39 is 24.3 Å². The third kappa shape index (κ3) is 6.95. The number of anilines is 1. The highest BCUT2D eigenvalue weighted by Gasteiger charge is 2.38. The lowest BCUT2D eigenvalue weighted by Crippen LogP contribution is -2.38. The number of carbonyl (C=O) groups excluding carboxylic acids is 2. The van der Waals surface area contributed by atoms with Crippen molar-refractivity contribution in [2.24, 2.45) is 5.92 Å². The van der Waals surface area contributed by atoms with E-state index in [0.717, 1.165) is 16.7 Å². The van der Waals surface area contributed by atoms with Gasteiger partial charge in [-0.2, -0.15) is 5.10 Å². The molecule has 2 heterocycles. The van der Waals surface area contributed by atoms with Crippen molar-refractivity contribution in [3.05, 3.63) is 71.5 Å². The molecule has 3 N–H and O–H groups in total. The number of nitrogens with one attached hydrogen (secondary N) is 2. The molecule has 10 nitrogen and oxygen atoms in total. The van der Waals surface area contributed by atoms with E-state index in [4.69, 9.17) is 14.2 Å². The standard InChI is InChI=1S/C26H30N4O6S/c1-15-22(13-37-26-27-14-28-30-26)35-25(36-23(15)19-6-4-18(12-31)5-7-19)20-8-10-21(11-9-20)29-24(33)16(2)34-17(3)32/h4-11,14-16,22-23,25,31H,12-13H2,1-3H3,(H,29,33)(H,27,28,30). The minimum absolute atomic E-state index is 0.0217. The zero-order valence-electron chi connectivity index (χ0n) is 20.8. The molecule has 1 amide bonds. The third-order valence-electron chi connectivity index (χ3n) is 6.06. The van der Waals surface area contributed by atoms with Gasteiger partial charge in [0.2, 0.25) is 0 Å². The van der Waals surface area contributed by atoms with E-state index in [1.54, 1.807) is 12.1 Å². The Morgan fingerprint density at radius 1 is 1.14 bits per heavy atom. The first-order valence-corrected chi connectivity index (χ1v) is 12.9. The molecule has 1 aliphatic heterocycles. The first kappa shape index (κ1) is 26.8. The molecule has 1 aliphatic rings. The number of nitrogens with zero attached hydrogens (tertiary/aromatic N) is 2. The van der Waals surface area contributed by atoms with E-state index in [-0.39, 0.29) is 24.7 Å². The minimum Gasteiger partial charge on any atom is -0.453 e. The van der Waals surface area contributed by atoms with Gasteiger partial charge in [-0.05, 0) is 30.2 Å². The van der Waals surface area contributed by atoms with Gasteiger partial charge in [0.1, 0.15) is 6.33 Å². The summed E-state index contributed by atoms with van der Waals surface area (Å²) in [7, 11) is 0. The van der Waals surface area contributed by atoms with Gasteiger partial charge in [0.15, 0.2) is 17.6 Å². The van der Waals surface area contributed by atoms with Crippen LogP contribution in [0, 0.1) is 5.92 Å². The summed E-state index contributed by atoms with van der Waals surface area (Å²) in [4.78, 5) is 27.5.